The number of aromatic nitrogens is 1. The Bertz CT molecular complexity index is 1280. The number of benzene rings is 3. The predicted molar refractivity (Wildman–Crippen MR) is 121 cm³/mol. The number of urea groups is 1. The first kappa shape index (κ1) is 18.9. The van der Waals surface area contributed by atoms with E-state index in [1.165, 1.54) is 10.3 Å². The first-order valence-corrected chi connectivity index (χ1v) is 10.7. The molecule has 0 radical (unpaired) electrons. The number of H-pyrrole nitrogens is 1. The lowest BCUT2D eigenvalue weighted by Crippen LogP contribution is -2.33. The van der Waals surface area contributed by atoms with Gasteiger partial charge in [0.1, 0.15) is 6.04 Å². The van der Waals surface area contributed by atoms with Crippen LogP contribution in [0.2, 0.25) is 0 Å². The zero-order chi connectivity index (χ0) is 20.7. The fourth-order valence-corrected chi connectivity index (χ4v) is 4.46. The zero-order valence-electron chi connectivity index (χ0n) is 16.2. The van der Waals surface area contributed by atoms with E-state index >= 15 is 0 Å². The average molecular weight is 462 g/mol. The average Bonchev–Trinajstić information content (AvgIpc) is 3.26. The molecule has 3 aromatic carbocycles. The Labute approximate surface area is 182 Å². The fourth-order valence-electron chi connectivity index (χ4n) is 4.10. The van der Waals surface area contributed by atoms with Crippen LogP contribution >= 0.6 is 15.9 Å². The molecule has 1 atom stereocenters. The van der Waals surface area contributed by atoms with Gasteiger partial charge in [-0.05, 0) is 46.5 Å². The van der Waals surface area contributed by atoms with Crippen LogP contribution in [0.15, 0.2) is 71.3 Å². The van der Waals surface area contributed by atoms with Crippen molar-refractivity contribution in [3.05, 3.63) is 82.5 Å². The van der Waals surface area contributed by atoms with Gasteiger partial charge in [0.05, 0.1) is 0 Å². The molecular weight excluding hydrogens is 442 g/mol. The molecule has 1 unspecified atom stereocenters. The highest BCUT2D eigenvalue weighted by atomic mass is 79.9. The minimum Gasteiger partial charge on any atom is -0.361 e. The number of fused-ring (bicyclic) bond motifs is 2. The molecule has 1 aliphatic rings. The number of carbonyl (C=O) groups is 2. The Balaban J connectivity index is 1.29. The highest BCUT2D eigenvalue weighted by molar-refractivity contribution is 9.10. The van der Waals surface area contributed by atoms with Crippen molar-refractivity contribution in [2.24, 2.45) is 0 Å². The van der Waals surface area contributed by atoms with Crippen molar-refractivity contribution in [2.75, 3.05) is 6.54 Å². The summed E-state index contributed by atoms with van der Waals surface area (Å²) in [5, 5.41) is 6.25. The number of hydrogen-bond donors (Lipinski definition) is 2. The fraction of sp³-hybridized carbons (Fsp3) is 0.167. The lowest BCUT2D eigenvalue weighted by atomic mass is 10.0. The smallest absolute Gasteiger partial charge is 0.324 e. The molecule has 5 rings (SSSR count). The summed E-state index contributed by atoms with van der Waals surface area (Å²) in [6, 6.07) is 19.6. The van der Waals surface area contributed by atoms with E-state index in [1.807, 2.05) is 36.5 Å². The van der Waals surface area contributed by atoms with Crippen molar-refractivity contribution in [3.8, 4) is 0 Å². The van der Waals surface area contributed by atoms with E-state index in [0.717, 1.165) is 31.9 Å². The Kier molecular flexibility index (Phi) is 4.79. The standard InChI is InChI=1S/C24H20BrN3O2/c25-19-7-8-21-20(13-19)18(14-26-21)12-22-23(29)28(24(30)27-22)10-9-15-5-6-16-3-1-2-4-17(16)11-15/h1-8,11,13-14,22,26H,9-10,12H2,(H,27,30). The number of imide groups is 1. The van der Waals surface area contributed by atoms with Crippen molar-refractivity contribution < 1.29 is 9.59 Å². The van der Waals surface area contributed by atoms with E-state index in [0.29, 0.717) is 19.4 Å². The van der Waals surface area contributed by atoms with Gasteiger partial charge in [0, 0.05) is 34.5 Å². The number of aromatic amines is 1. The highest BCUT2D eigenvalue weighted by Gasteiger charge is 2.37. The first-order valence-electron chi connectivity index (χ1n) is 9.93. The Morgan fingerprint density at radius 1 is 0.967 bits per heavy atom. The van der Waals surface area contributed by atoms with Gasteiger partial charge in [-0.3, -0.25) is 9.69 Å². The molecule has 4 aromatic rings. The molecule has 1 fully saturated rings. The number of carbonyl (C=O) groups excluding carboxylic acids is 2. The van der Waals surface area contributed by atoms with Gasteiger partial charge < -0.3 is 10.3 Å². The third kappa shape index (κ3) is 3.48. The summed E-state index contributed by atoms with van der Waals surface area (Å²) in [4.78, 5) is 29.9. The number of hydrogen-bond acceptors (Lipinski definition) is 2. The predicted octanol–water partition coefficient (Wildman–Crippen LogP) is 4.79. The molecule has 2 N–H and O–H groups in total. The molecule has 5 nitrogen and oxygen atoms in total. The highest BCUT2D eigenvalue weighted by Crippen LogP contribution is 2.25. The molecule has 1 aromatic heterocycles. The van der Waals surface area contributed by atoms with Gasteiger partial charge in [0.15, 0.2) is 0 Å². The van der Waals surface area contributed by atoms with Gasteiger partial charge in [-0.1, -0.05) is 58.4 Å². The van der Waals surface area contributed by atoms with Crippen LogP contribution in [0.3, 0.4) is 0 Å². The van der Waals surface area contributed by atoms with Gasteiger partial charge in [-0.2, -0.15) is 0 Å². The summed E-state index contributed by atoms with van der Waals surface area (Å²) in [6.07, 6.45) is 3.01. The van der Waals surface area contributed by atoms with E-state index in [-0.39, 0.29) is 11.9 Å². The van der Waals surface area contributed by atoms with E-state index < -0.39 is 6.04 Å². The van der Waals surface area contributed by atoms with Crippen LogP contribution in [-0.2, 0) is 17.6 Å². The van der Waals surface area contributed by atoms with Gasteiger partial charge in [-0.15, -0.1) is 0 Å². The minimum absolute atomic E-state index is 0.162. The summed E-state index contributed by atoms with van der Waals surface area (Å²) < 4.78 is 0.981. The minimum atomic E-state index is -0.535. The van der Waals surface area contributed by atoms with E-state index in [4.69, 9.17) is 0 Å². The molecule has 0 aliphatic carbocycles. The molecule has 2 heterocycles. The topological polar surface area (TPSA) is 65.2 Å². The maximum Gasteiger partial charge on any atom is 0.324 e. The van der Waals surface area contributed by atoms with Crippen molar-refractivity contribution in [3.63, 3.8) is 0 Å². The molecule has 30 heavy (non-hydrogen) atoms. The third-order valence-electron chi connectivity index (χ3n) is 5.70. The second kappa shape index (κ2) is 7.61. The van der Waals surface area contributed by atoms with E-state index in [9.17, 15) is 9.59 Å². The van der Waals surface area contributed by atoms with Crippen molar-refractivity contribution in [1.29, 1.82) is 0 Å². The molecular formula is C24H20BrN3O2. The molecule has 1 saturated heterocycles. The van der Waals surface area contributed by atoms with E-state index in [1.54, 1.807) is 0 Å². The molecule has 0 saturated carbocycles. The Morgan fingerprint density at radius 3 is 2.67 bits per heavy atom. The number of halogens is 1. The molecule has 6 heteroatoms. The number of nitrogens with zero attached hydrogens (tertiary/aromatic N) is 1. The zero-order valence-corrected chi connectivity index (χ0v) is 17.8. The third-order valence-corrected chi connectivity index (χ3v) is 6.19. The van der Waals surface area contributed by atoms with Gasteiger partial charge in [-0.25, -0.2) is 4.79 Å². The SMILES string of the molecule is O=C1NC(Cc2c[nH]c3ccc(Br)cc23)C(=O)N1CCc1ccc2ccccc2c1. The van der Waals surface area contributed by atoms with Crippen LogP contribution < -0.4 is 5.32 Å². The lowest BCUT2D eigenvalue weighted by molar-refractivity contribution is -0.127. The molecule has 0 bridgehead atoms. The van der Waals surface area contributed by atoms with E-state index in [2.05, 4.69) is 56.6 Å². The summed E-state index contributed by atoms with van der Waals surface area (Å²) >= 11 is 3.49. The van der Waals surface area contributed by atoms with Crippen molar-refractivity contribution in [1.82, 2.24) is 15.2 Å². The quantitative estimate of drug-likeness (QED) is 0.419. The summed E-state index contributed by atoms with van der Waals surface area (Å²) in [6.45, 7) is 0.374. The Morgan fingerprint density at radius 2 is 1.80 bits per heavy atom. The second-order valence-corrected chi connectivity index (χ2v) is 8.55. The molecule has 0 spiro atoms. The van der Waals surface area contributed by atoms with Crippen LogP contribution in [0.25, 0.3) is 21.7 Å². The second-order valence-electron chi connectivity index (χ2n) is 7.63. The van der Waals surface area contributed by atoms with Crippen LogP contribution in [0.1, 0.15) is 11.1 Å². The first-order chi connectivity index (χ1) is 14.6. The van der Waals surface area contributed by atoms with Gasteiger partial charge in [0.2, 0.25) is 0 Å². The number of amides is 3. The maximum atomic E-state index is 12.9. The van der Waals surface area contributed by atoms with Gasteiger partial charge in [0.25, 0.3) is 5.91 Å². The lowest BCUT2D eigenvalue weighted by Gasteiger charge is -2.13. The van der Waals surface area contributed by atoms with Crippen LogP contribution in [0.4, 0.5) is 4.79 Å². The number of rotatable bonds is 5. The summed E-state index contributed by atoms with van der Waals surface area (Å²) in [7, 11) is 0. The summed E-state index contributed by atoms with van der Waals surface area (Å²) in [5.41, 5.74) is 3.14. The van der Waals surface area contributed by atoms with Crippen LogP contribution in [0.5, 0.6) is 0 Å². The van der Waals surface area contributed by atoms with Gasteiger partial charge >= 0.3 is 6.03 Å². The number of nitrogens with one attached hydrogen (secondary N) is 2. The van der Waals surface area contributed by atoms with Crippen LogP contribution in [0, 0.1) is 0 Å². The molecule has 150 valence electrons. The largest absolute Gasteiger partial charge is 0.361 e. The van der Waals surface area contributed by atoms with Crippen molar-refractivity contribution >= 4 is 49.5 Å². The summed E-state index contributed by atoms with van der Waals surface area (Å²) in [5.74, 6) is -0.162. The maximum absolute atomic E-state index is 12.9. The molecule has 1 aliphatic heterocycles. The van der Waals surface area contributed by atoms with Crippen molar-refractivity contribution in [2.45, 2.75) is 18.9 Å². The Hall–Kier alpha value is -3.12. The monoisotopic (exact) mass is 461 g/mol. The molecule has 3 amide bonds. The van der Waals surface area contributed by atoms with Crippen LogP contribution in [-0.4, -0.2) is 34.4 Å². The normalized spacial score (nSPS) is 16.6.